The van der Waals surface area contributed by atoms with E-state index in [2.05, 4.69) is 71.6 Å². The van der Waals surface area contributed by atoms with E-state index in [0.29, 0.717) is 17.9 Å². The zero-order valence-corrected chi connectivity index (χ0v) is 14.0. The van der Waals surface area contributed by atoms with Gasteiger partial charge in [0.15, 0.2) is 0 Å². The molecule has 2 aliphatic rings. The molecule has 1 aliphatic heterocycles. The van der Waals surface area contributed by atoms with Crippen molar-refractivity contribution in [3.8, 4) is 0 Å². The van der Waals surface area contributed by atoms with Gasteiger partial charge in [0.1, 0.15) is 0 Å². The Morgan fingerprint density at radius 3 is 2.42 bits per heavy atom. The normalized spacial score (nSPS) is 27.8. The Bertz CT molecular complexity index is 682. The molecule has 2 aromatic carbocycles. The van der Waals surface area contributed by atoms with Gasteiger partial charge in [0, 0.05) is 18.5 Å². The predicted octanol–water partition coefficient (Wildman–Crippen LogP) is 4.15. The summed E-state index contributed by atoms with van der Waals surface area (Å²) in [7, 11) is 0. The highest BCUT2D eigenvalue weighted by molar-refractivity contribution is 5.28. The van der Waals surface area contributed by atoms with Crippen LogP contribution in [0.3, 0.4) is 0 Å². The Labute approximate surface area is 144 Å². The van der Waals surface area contributed by atoms with Gasteiger partial charge < -0.3 is 5.11 Å². The summed E-state index contributed by atoms with van der Waals surface area (Å²) in [4.78, 5) is 2.52. The first-order valence-corrected chi connectivity index (χ1v) is 9.01. The maximum Gasteiger partial charge on any atom is 0.0628 e. The molecule has 2 heteroatoms. The van der Waals surface area contributed by atoms with E-state index in [1.165, 1.54) is 24.0 Å². The molecule has 0 radical (unpaired) electrons. The molecule has 0 aromatic heterocycles. The standard InChI is InChI=1S/C22H25NO/c24-16-22(18-11-5-2-6-12-18)23-15-20(17-9-3-1-4-10-17)19-13-7-8-14-21(19)23/h1-6,8-12,14,19-22,24H,7,13,15-16H2/t19-,20+,21+,22-/m0/s1. The topological polar surface area (TPSA) is 23.5 Å². The first-order chi connectivity index (χ1) is 11.9. The van der Waals surface area contributed by atoms with Crippen LogP contribution in [0.5, 0.6) is 0 Å². The largest absolute Gasteiger partial charge is 0.394 e. The van der Waals surface area contributed by atoms with Gasteiger partial charge in [-0.3, -0.25) is 4.90 Å². The van der Waals surface area contributed by atoms with Gasteiger partial charge in [-0.15, -0.1) is 0 Å². The number of hydrogen-bond acceptors (Lipinski definition) is 2. The molecule has 0 unspecified atom stereocenters. The highest BCUT2D eigenvalue weighted by Crippen LogP contribution is 2.45. The SMILES string of the molecule is OC[C@@H](c1ccccc1)N1C[C@H](c2ccccc2)[C@@H]2CCC=C[C@H]21. The van der Waals surface area contributed by atoms with Crippen LogP contribution in [0.25, 0.3) is 0 Å². The van der Waals surface area contributed by atoms with Crippen molar-refractivity contribution >= 4 is 0 Å². The van der Waals surface area contributed by atoms with Crippen LogP contribution < -0.4 is 0 Å². The van der Waals surface area contributed by atoms with Gasteiger partial charge in [-0.25, -0.2) is 0 Å². The van der Waals surface area contributed by atoms with Crippen molar-refractivity contribution in [3.05, 3.63) is 83.9 Å². The molecule has 1 heterocycles. The molecular weight excluding hydrogens is 294 g/mol. The number of allylic oxidation sites excluding steroid dienone is 1. The van der Waals surface area contributed by atoms with Crippen LogP contribution in [-0.4, -0.2) is 29.2 Å². The van der Waals surface area contributed by atoms with Gasteiger partial charge in [0.2, 0.25) is 0 Å². The number of nitrogens with zero attached hydrogens (tertiary/aromatic N) is 1. The van der Waals surface area contributed by atoms with Crippen molar-refractivity contribution in [2.45, 2.75) is 30.8 Å². The van der Waals surface area contributed by atoms with Gasteiger partial charge in [-0.1, -0.05) is 72.8 Å². The van der Waals surface area contributed by atoms with Crippen LogP contribution in [0.2, 0.25) is 0 Å². The van der Waals surface area contributed by atoms with E-state index in [-0.39, 0.29) is 12.6 Å². The fourth-order valence-electron chi connectivity index (χ4n) is 4.58. The second kappa shape index (κ2) is 6.92. The summed E-state index contributed by atoms with van der Waals surface area (Å²) < 4.78 is 0. The number of rotatable bonds is 4. The lowest BCUT2D eigenvalue weighted by atomic mass is 9.80. The van der Waals surface area contributed by atoms with E-state index < -0.39 is 0 Å². The molecule has 0 saturated carbocycles. The number of aliphatic hydroxyl groups excluding tert-OH is 1. The van der Waals surface area contributed by atoms with Crippen molar-refractivity contribution < 1.29 is 5.11 Å². The summed E-state index contributed by atoms with van der Waals surface area (Å²) in [5, 5.41) is 10.1. The minimum atomic E-state index is 0.0789. The monoisotopic (exact) mass is 319 g/mol. The highest BCUT2D eigenvalue weighted by atomic mass is 16.3. The molecule has 24 heavy (non-hydrogen) atoms. The molecule has 0 amide bonds. The maximum atomic E-state index is 10.1. The van der Waals surface area contributed by atoms with E-state index in [4.69, 9.17) is 0 Å². The van der Waals surface area contributed by atoms with Crippen LogP contribution in [0, 0.1) is 5.92 Å². The van der Waals surface area contributed by atoms with Crippen molar-refractivity contribution in [2.75, 3.05) is 13.2 Å². The Hall–Kier alpha value is -1.90. The lowest BCUT2D eigenvalue weighted by Gasteiger charge is -2.34. The van der Waals surface area contributed by atoms with E-state index in [9.17, 15) is 5.11 Å². The first kappa shape index (κ1) is 15.6. The van der Waals surface area contributed by atoms with Crippen LogP contribution in [-0.2, 0) is 0 Å². The summed E-state index contributed by atoms with van der Waals surface area (Å²) in [6, 6.07) is 21.9. The van der Waals surface area contributed by atoms with E-state index >= 15 is 0 Å². The van der Waals surface area contributed by atoms with Crippen molar-refractivity contribution in [2.24, 2.45) is 5.92 Å². The molecule has 124 valence electrons. The Morgan fingerprint density at radius 2 is 1.71 bits per heavy atom. The lowest BCUT2D eigenvalue weighted by molar-refractivity contribution is 0.117. The number of hydrogen-bond donors (Lipinski definition) is 1. The van der Waals surface area contributed by atoms with Crippen LogP contribution in [0.15, 0.2) is 72.8 Å². The fraction of sp³-hybridized carbons (Fsp3) is 0.364. The molecular formula is C22H25NO. The van der Waals surface area contributed by atoms with Gasteiger partial charge in [0.25, 0.3) is 0 Å². The number of aliphatic hydroxyl groups is 1. The second-order valence-corrected chi connectivity index (χ2v) is 6.98. The minimum absolute atomic E-state index is 0.0789. The molecule has 0 bridgehead atoms. The van der Waals surface area contributed by atoms with Crippen LogP contribution in [0.4, 0.5) is 0 Å². The summed E-state index contributed by atoms with van der Waals surface area (Å²) in [6.45, 7) is 1.19. The van der Waals surface area contributed by atoms with Crippen molar-refractivity contribution in [1.82, 2.24) is 4.90 Å². The van der Waals surface area contributed by atoms with Crippen molar-refractivity contribution in [1.29, 1.82) is 0 Å². The molecule has 1 saturated heterocycles. The molecule has 4 atom stereocenters. The fourth-order valence-corrected chi connectivity index (χ4v) is 4.58. The van der Waals surface area contributed by atoms with Crippen molar-refractivity contribution in [3.63, 3.8) is 0 Å². The third-order valence-corrected chi connectivity index (χ3v) is 5.73. The molecule has 1 fully saturated rings. The van der Waals surface area contributed by atoms with Gasteiger partial charge in [-0.05, 0) is 29.9 Å². The molecule has 1 aliphatic carbocycles. The Morgan fingerprint density at radius 1 is 1.00 bits per heavy atom. The molecule has 0 spiro atoms. The van der Waals surface area contributed by atoms with Crippen LogP contribution in [0.1, 0.15) is 35.9 Å². The molecule has 2 aromatic rings. The van der Waals surface area contributed by atoms with Gasteiger partial charge in [0.05, 0.1) is 12.6 Å². The summed E-state index contributed by atoms with van der Waals surface area (Å²) in [6.07, 6.45) is 7.11. The van der Waals surface area contributed by atoms with E-state index in [1.807, 2.05) is 6.07 Å². The second-order valence-electron chi connectivity index (χ2n) is 6.98. The molecule has 2 nitrogen and oxygen atoms in total. The molecule has 1 N–H and O–H groups in total. The zero-order valence-electron chi connectivity index (χ0n) is 14.0. The minimum Gasteiger partial charge on any atom is -0.394 e. The Kier molecular flexibility index (Phi) is 4.50. The van der Waals surface area contributed by atoms with Gasteiger partial charge in [-0.2, -0.15) is 0 Å². The van der Waals surface area contributed by atoms with E-state index in [1.54, 1.807) is 0 Å². The predicted molar refractivity (Wildman–Crippen MR) is 97.8 cm³/mol. The average Bonchev–Trinajstić information content (AvgIpc) is 3.04. The number of benzene rings is 2. The first-order valence-electron chi connectivity index (χ1n) is 9.01. The third kappa shape index (κ3) is 2.81. The number of fused-ring (bicyclic) bond motifs is 1. The third-order valence-electron chi connectivity index (χ3n) is 5.73. The lowest BCUT2D eigenvalue weighted by Crippen LogP contribution is -2.37. The zero-order chi connectivity index (χ0) is 16.4. The smallest absolute Gasteiger partial charge is 0.0628 e. The van der Waals surface area contributed by atoms with Gasteiger partial charge >= 0.3 is 0 Å². The quantitative estimate of drug-likeness (QED) is 0.856. The Balaban J connectivity index is 1.68. The maximum absolute atomic E-state index is 10.1. The molecule has 4 rings (SSSR count). The average molecular weight is 319 g/mol. The summed E-state index contributed by atoms with van der Waals surface area (Å²) in [5.74, 6) is 1.20. The van der Waals surface area contributed by atoms with E-state index in [0.717, 1.165) is 6.54 Å². The number of likely N-dealkylation sites (tertiary alicyclic amines) is 1. The van der Waals surface area contributed by atoms with Crippen LogP contribution >= 0.6 is 0 Å². The summed E-state index contributed by atoms with van der Waals surface area (Å²) >= 11 is 0. The highest BCUT2D eigenvalue weighted by Gasteiger charge is 2.44. The summed E-state index contributed by atoms with van der Waals surface area (Å²) in [5.41, 5.74) is 2.65.